The zero-order chi connectivity index (χ0) is 22.0. The number of carbonyl (C=O) groups is 1. The van der Waals surface area contributed by atoms with E-state index in [9.17, 15) is 13.2 Å². The van der Waals surface area contributed by atoms with Crippen molar-refractivity contribution in [3.05, 3.63) is 89.5 Å². The van der Waals surface area contributed by atoms with Crippen molar-refractivity contribution in [2.24, 2.45) is 0 Å². The Morgan fingerprint density at radius 1 is 0.968 bits per heavy atom. The van der Waals surface area contributed by atoms with Crippen molar-refractivity contribution in [2.75, 3.05) is 12.4 Å². The number of hydrogen-bond acceptors (Lipinski definition) is 4. The molecule has 0 saturated heterocycles. The first-order valence-corrected chi connectivity index (χ1v) is 11.4. The number of ether oxygens (including phenoxy) is 1. The molecule has 160 valence electrons. The van der Waals surface area contributed by atoms with Crippen molar-refractivity contribution < 1.29 is 17.9 Å². The van der Waals surface area contributed by atoms with E-state index in [1.54, 1.807) is 12.1 Å². The highest BCUT2D eigenvalue weighted by Gasteiger charge is 2.39. The van der Waals surface area contributed by atoms with Gasteiger partial charge in [-0.15, -0.1) is 0 Å². The van der Waals surface area contributed by atoms with Crippen molar-refractivity contribution in [1.82, 2.24) is 4.31 Å². The molecule has 0 radical (unpaired) electrons. The van der Waals surface area contributed by atoms with Gasteiger partial charge in [-0.3, -0.25) is 4.79 Å². The smallest absolute Gasteiger partial charge is 0.244 e. The lowest BCUT2D eigenvalue weighted by atomic mass is 9.95. The fourth-order valence-electron chi connectivity index (χ4n) is 3.79. The number of methoxy groups -OCH3 is 1. The zero-order valence-corrected chi connectivity index (χ0v) is 18.2. The average molecular weight is 437 g/mol. The number of benzene rings is 3. The predicted octanol–water partition coefficient (Wildman–Crippen LogP) is 3.76. The van der Waals surface area contributed by atoms with Gasteiger partial charge < -0.3 is 10.1 Å². The molecule has 1 aliphatic heterocycles. The quantitative estimate of drug-likeness (QED) is 0.661. The van der Waals surface area contributed by atoms with E-state index in [0.717, 1.165) is 16.7 Å². The SMILES string of the molecule is COc1ccc(S(=O)(=O)N2Cc3ccccc3C[C@H]2C(=O)Nc2ccccc2C)cc1. The van der Waals surface area contributed by atoms with Crippen molar-refractivity contribution in [3.8, 4) is 5.75 Å². The Balaban J connectivity index is 1.71. The Hall–Kier alpha value is -3.16. The Bertz CT molecular complexity index is 1210. The van der Waals surface area contributed by atoms with Gasteiger partial charge >= 0.3 is 0 Å². The van der Waals surface area contributed by atoms with Crippen LogP contribution in [0.25, 0.3) is 0 Å². The van der Waals surface area contributed by atoms with E-state index in [4.69, 9.17) is 4.74 Å². The maximum absolute atomic E-state index is 13.5. The highest BCUT2D eigenvalue weighted by molar-refractivity contribution is 7.89. The summed E-state index contributed by atoms with van der Waals surface area (Å²) in [4.78, 5) is 13.4. The minimum absolute atomic E-state index is 0.126. The Morgan fingerprint density at radius 2 is 1.61 bits per heavy atom. The van der Waals surface area contributed by atoms with Crippen LogP contribution in [-0.2, 0) is 27.8 Å². The fourth-order valence-corrected chi connectivity index (χ4v) is 5.35. The Morgan fingerprint density at radius 3 is 2.29 bits per heavy atom. The Kier molecular flexibility index (Phi) is 5.80. The molecule has 0 fully saturated rings. The molecule has 1 N–H and O–H groups in total. The van der Waals surface area contributed by atoms with Crippen molar-refractivity contribution >= 4 is 21.6 Å². The number of anilines is 1. The van der Waals surface area contributed by atoms with Gasteiger partial charge in [0.2, 0.25) is 15.9 Å². The zero-order valence-electron chi connectivity index (χ0n) is 17.4. The molecule has 6 nitrogen and oxygen atoms in total. The Labute approximate surface area is 182 Å². The van der Waals surface area contributed by atoms with Crippen LogP contribution < -0.4 is 10.1 Å². The van der Waals surface area contributed by atoms with Crippen LogP contribution in [0.15, 0.2) is 77.7 Å². The van der Waals surface area contributed by atoms with Gasteiger partial charge in [0.25, 0.3) is 0 Å². The standard InChI is InChI=1S/C24H24N2O4S/c1-17-7-3-6-10-22(17)25-24(27)23-15-18-8-4-5-9-19(18)16-26(23)31(28,29)21-13-11-20(30-2)12-14-21/h3-14,23H,15-16H2,1-2H3,(H,25,27)/t23-/m0/s1. The summed E-state index contributed by atoms with van der Waals surface area (Å²) in [5, 5.41) is 2.92. The lowest BCUT2D eigenvalue weighted by molar-refractivity contribution is -0.120. The van der Waals surface area contributed by atoms with Gasteiger partial charge in [0.15, 0.2) is 0 Å². The molecule has 0 unspecified atom stereocenters. The van der Waals surface area contributed by atoms with Gasteiger partial charge in [-0.25, -0.2) is 8.42 Å². The summed E-state index contributed by atoms with van der Waals surface area (Å²) in [5.74, 6) is 0.220. The molecule has 0 aliphatic carbocycles. The third kappa shape index (κ3) is 4.19. The summed E-state index contributed by atoms with van der Waals surface area (Å²) in [6.45, 7) is 2.04. The summed E-state index contributed by atoms with van der Waals surface area (Å²) in [6, 6.07) is 20.4. The van der Waals surface area contributed by atoms with Crippen LogP contribution in [0.2, 0.25) is 0 Å². The van der Waals surface area contributed by atoms with Gasteiger partial charge in [-0.2, -0.15) is 4.31 Å². The van der Waals surface area contributed by atoms with Crippen LogP contribution in [0.5, 0.6) is 5.75 Å². The highest BCUT2D eigenvalue weighted by atomic mass is 32.2. The van der Waals surface area contributed by atoms with Crippen LogP contribution in [0.3, 0.4) is 0 Å². The number of rotatable bonds is 5. The van der Waals surface area contributed by atoms with E-state index in [1.165, 1.54) is 23.5 Å². The third-order valence-corrected chi connectivity index (χ3v) is 7.45. The van der Waals surface area contributed by atoms with Crippen LogP contribution >= 0.6 is 0 Å². The molecular weight excluding hydrogens is 412 g/mol. The number of aryl methyl sites for hydroxylation is 1. The van der Waals surface area contributed by atoms with E-state index in [2.05, 4.69) is 5.32 Å². The number of amides is 1. The van der Waals surface area contributed by atoms with Gasteiger partial charge in [0.1, 0.15) is 11.8 Å². The topological polar surface area (TPSA) is 75.7 Å². The molecule has 1 amide bonds. The maximum Gasteiger partial charge on any atom is 0.244 e. The highest BCUT2D eigenvalue weighted by Crippen LogP contribution is 2.30. The van der Waals surface area contributed by atoms with Crippen molar-refractivity contribution in [2.45, 2.75) is 30.8 Å². The molecule has 0 bridgehead atoms. The molecule has 7 heteroatoms. The number of fused-ring (bicyclic) bond motifs is 1. The van der Waals surface area contributed by atoms with Gasteiger partial charge in [-0.1, -0.05) is 42.5 Å². The predicted molar refractivity (Wildman–Crippen MR) is 119 cm³/mol. The monoisotopic (exact) mass is 436 g/mol. The number of para-hydroxylation sites is 1. The van der Waals surface area contributed by atoms with Gasteiger partial charge in [0, 0.05) is 12.2 Å². The molecule has 31 heavy (non-hydrogen) atoms. The summed E-state index contributed by atoms with van der Waals surface area (Å²) < 4.78 is 33.5. The minimum Gasteiger partial charge on any atom is -0.497 e. The van der Waals surface area contributed by atoms with E-state index in [0.29, 0.717) is 17.9 Å². The minimum atomic E-state index is -3.91. The molecule has 3 aromatic carbocycles. The van der Waals surface area contributed by atoms with Crippen LogP contribution in [0, 0.1) is 6.92 Å². The summed E-state index contributed by atoms with van der Waals surface area (Å²) in [7, 11) is -2.38. The first-order valence-electron chi connectivity index (χ1n) is 9.99. The van der Waals surface area contributed by atoms with Crippen LogP contribution in [-0.4, -0.2) is 31.8 Å². The number of sulfonamides is 1. The van der Waals surface area contributed by atoms with Gasteiger partial charge in [0.05, 0.1) is 12.0 Å². The first-order chi connectivity index (χ1) is 14.9. The third-order valence-electron chi connectivity index (χ3n) is 5.58. The number of nitrogens with zero attached hydrogens (tertiary/aromatic N) is 1. The molecule has 0 saturated carbocycles. The fraction of sp³-hybridized carbons (Fsp3) is 0.208. The summed E-state index contributed by atoms with van der Waals surface area (Å²) in [5.41, 5.74) is 3.47. The molecule has 0 aromatic heterocycles. The van der Waals surface area contributed by atoms with Crippen LogP contribution in [0.4, 0.5) is 5.69 Å². The first kappa shape index (κ1) is 21.1. The number of carbonyl (C=O) groups excluding carboxylic acids is 1. The second-order valence-corrected chi connectivity index (χ2v) is 9.41. The largest absolute Gasteiger partial charge is 0.497 e. The van der Waals surface area contributed by atoms with Crippen molar-refractivity contribution in [1.29, 1.82) is 0 Å². The molecular formula is C24H24N2O4S. The molecule has 1 heterocycles. The lowest BCUT2D eigenvalue weighted by Gasteiger charge is -2.35. The molecule has 1 atom stereocenters. The van der Waals surface area contributed by atoms with Crippen molar-refractivity contribution in [3.63, 3.8) is 0 Å². The lowest BCUT2D eigenvalue weighted by Crippen LogP contribution is -2.50. The van der Waals surface area contributed by atoms with Crippen LogP contribution in [0.1, 0.15) is 16.7 Å². The molecule has 3 aromatic rings. The normalized spacial score (nSPS) is 16.4. The van der Waals surface area contributed by atoms with Gasteiger partial charge in [-0.05, 0) is 60.4 Å². The summed E-state index contributed by atoms with van der Waals surface area (Å²) >= 11 is 0. The van der Waals surface area contributed by atoms with E-state index in [-0.39, 0.29) is 17.3 Å². The van der Waals surface area contributed by atoms with E-state index < -0.39 is 16.1 Å². The molecule has 0 spiro atoms. The molecule has 4 rings (SSSR count). The second-order valence-electron chi connectivity index (χ2n) is 7.52. The second kappa shape index (κ2) is 8.53. The number of hydrogen-bond donors (Lipinski definition) is 1. The van der Waals surface area contributed by atoms with E-state index in [1.807, 2.05) is 55.5 Å². The average Bonchev–Trinajstić information content (AvgIpc) is 2.79. The number of nitrogens with one attached hydrogen (secondary N) is 1. The molecule has 1 aliphatic rings. The van der Waals surface area contributed by atoms with E-state index >= 15 is 0 Å². The summed E-state index contributed by atoms with van der Waals surface area (Å²) in [6.07, 6.45) is 0.309. The maximum atomic E-state index is 13.5.